The van der Waals surface area contributed by atoms with E-state index < -0.39 is 19.9 Å². The average molecular weight is 438 g/mol. The van der Waals surface area contributed by atoms with Gasteiger partial charge in [0, 0.05) is 22.1 Å². The van der Waals surface area contributed by atoms with Crippen LogP contribution in [0, 0.1) is 0 Å². The van der Waals surface area contributed by atoms with Gasteiger partial charge in [-0.2, -0.15) is 4.72 Å². The molecule has 0 saturated heterocycles. The van der Waals surface area contributed by atoms with Crippen LogP contribution in [0.5, 0.6) is 0 Å². The maximum absolute atomic E-state index is 12.7. The van der Waals surface area contributed by atoms with Crippen molar-refractivity contribution < 1.29 is 8.42 Å². The van der Waals surface area contributed by atoms with Crippen LogP contribution >= 0.6 is 46.4 Å². The van der Waals surface area contributed by atoms with E-state index in [1.54, 1.807) is 6.20 Å². The number of rotatable bonds is 4. The SMILES string of the molecule is O=S(=O)(N[C@@H](c1c[nH]c2ccccc12)C(Cl)(Cl)Cl)c1ccc(Cl)cc1. The number of hydrogen-bond acceptors (Lipinski definition) is 2. The van der Waals surface area contributed by atoms with E-state index in [-0.39, 0.29) is 4.90 Å². The highest BCUT2D eigenvalue weighted by Crippen LogP contribution is 2.42. The fourth-order valence-electron chi connectivity index (χ4n) is 2.48. The van der Waals surface area contributed by atoms with Crippen molar-refractivity contribution >= 4 is 67.3 Å². The summed E-state index contributed by atoms with van der Waals surface area (Å²) >= 11 is 24.0. The Morgan fingerprint density at radius 1 is 1.00 bits per heavy atom. The van der Waals surface area contributed by atoms with E-state index in [9.17, 15) is 8.42 Å². The molecule has 3 aromatic rings. The Hall–Kier alpha value is -0.950. The number of halogens is 4. The lowest BCUT2D eigenvalue weighted by Crippen LogP contribution is -2.36. The molecule has 132 valence electrons. The molecule has 0 saturated carbocycles. The van der Waals surface area contributed by atoms with Gasteiger partial charge in [-0.25, -0.2) is 8.42 Å². The molecular formula is C16H12Cl4N2O2S. The van der Waals surface area contributed by atoms with Crippen LogP contribution in [0.4, 0.5) is 0 Å². The Morgan fingerprint density at radius 3 is 2.28 bits per heavy atom. The van der Waals surface area contributed by atoms with Crippen molar-refractivity contribution in [3.8, 4) is 0 Å². The number of aromatic amines is 1. The number of fused-ring (bicyclic) bond motifs is 1. The van der Waals surface area contributed by atoms with Gasteiger partial charge in [-0.3, -0.25) is 0 Å². The molecule has 0 aliphatic carbocycles. The quantitative estimate of drug-likeness (QED) is 0.550. The van der Waals surface area contributed by atoms with Crippen molar-refractivity contribution in [2.75, 3.05) is 0 Å². The van der Waals surface area contributed by atoms with Crippen LogP contribution in [-0.4, -0.2) is 17.2 Å². The maximum atomic E-state index is 12.7. The molecule has 0 unspecified atom stereocenters. The minimum atomic E-state index is -3.93. The third-order valence-corrected chi connectivity index (χ3v) is 6.00. The Bertz CT molecular complexity index is 995. The van der Waals surface area contributed by atoms with Crippen LogP contribution in [0.3, 0.4) is 0 Å². The van der Waals surface area contributed by atoms with Gasteiger partial charge < -0.3 is 4.98 Å². The monoisotopic (exact) mass is 436 g/mol. The number of para-hydroxylation sites is 1. The zero-order valence-electron chi connectivity index (χ0n) is 12.5. The third kappa shape index (κ3) is 4.08. The predicted molar refractivity (Wildman–Crippen MR) is 103 cm³/mol. The molecule has 2 aromatic carbocycles. The van der Waals surface area contributed by atoms with Gasteiger partial charge >= 0.3 is 0 Å². The summed E-state index contributed by atoms with van der Waals surface area (Å²) in [6, 6.07) is 12.0. The van der Waals surface area contributed by atoms with Crippen molar-refractivity contribution in [2.24, 2.45) is 0 Å². The van der Waals surface area contributed by atoms with Crippen molar-refractivity contribution in [1.82, 2.24) is 9.71 Å². The summed E-state index contributed by atoms with van der Waals surface area (Å²) in [5.41, 5.74) is 1.34. The predicted octanol–water partition coefficient (Wildman–Crippen LogP) is 5.21. The Kier molecular flexibility index (Phi) is 5.26. The molecule has 25 heavy (non-hydrogen) atoms. The molecule has 9 heteroatoms. The van der Waals surface area contributed by atoms with Crippen molar-refractivity contribution in [3.63, 3.8) is 0 Å². The number of benzene rings is 2. The Balaban J connectivity index is 2.04. The molecule has 1 heterocycles. The molecule has 0 radical (unpaired) electrons. The largest absolute Gasteiger partial charge is 0.361 e. The lowest BCUT2D eigenvalue weighted by Gasteiger charge is -2.25. The number of nitrogens with one attached hydrogen (secondary N) is 2. The van der Waals surface area contributed by atoms with Gasteiger partial charge in [0.25, 0.3) is 0 Å². The highest BCUT2D eigenvalue weighted by Gasteiger charge is 2.38. The van der Waals surface area contributed by atoms with Crippen LogP contribution in [0.1, 0.15) is 11.6 Å². The van der Waals surface area contributed by atoms with Gasteiger partial charge in [-0.1, -0.05) is 64.6 Å². The summed E-state index contributed by atoms with van der Waals surface area (Å²) in [6.07, 6.45) is 1.63. The summed E-state index contributed by atoms with van der Waals surface area (Å²) < 4.78 is 26.0. The van der Waals surface area contributed by atoms with Gasteiger partial charge in [-0.15, -0.1) is 0 Å². The van der Waals surface area contributed by atoms with Crippen molar-refractivity contribution in [2.45, 2.75) is 14.7 Å². The normalized spacial score (nSPS) is 13.9. The van der Waals surface area contributed by atoms with E-state index in [4.69, 9.17) is 46.4 Å². The lowest BCUT2D eigenvalue weighted by atomic mass is 10.1. The first-order valence-electron chi connectivity index (χ1n) is 7.09. The molecule has 0 spiro atoms. The minimum Gasteiger partial charge on any atom is -0.361 e. The van der Waals surface area contributed by atoms with Crippen LogP contribution in [0.15, 0.2) is 59.6 Å². The van der Waals surface area contributed by atoms with Gasteiger partial charge in [-0.05, 0) is 35.9 Å². The van der Waals surface area contributed by atoms with E-state index >= 15 is 0 Å². The van der Waals surface area contributed by atoms with Gasteiger partial charge in [0.1, 0.15) is 0 Å². The average Bonchev–Trinajstić information content (AvgIpc) is 2.96. The fourth-order valence-corrected chi connectivity index (χ4v) is 4.56. The number of alkyl halides is 3. The summed E-state index contributed by atoms with van der Waals surface area (Å²) in [5.74, 6) is 0. The van der Waals surface area contributed by atoms with E-state index in [2.05, 4.69) is 9.71 Å². The zero-order chi connectivity index (χ0) is 18.2. The van der Waals surface area contributed by atoms with E-state index in [0.29, 0.717) is 10.6 Å². The Labute approximate surface area is 165 Å². The third-order valence-electron chi connectivity index (χ3n) is 3.66. The highest BCUT2D eigenvalue weighted by atomic mass is 35.6. The highest BCUT2D eigenvalue weighted by molar-refractivity contribution is 7.89. The minimum absolute atomic E-state index is 0.0241. The number of aromatic nitrogens is 1. The van der Waals surface area contributed by atoms with Crippen LogP contribution in [-0.2, 0) is 10.0 Å². The van der Waals surface area contributed by atoms with Crippen LogP contribution in [0.25, 0.3) is 10.9 Å². The summed E-state index contributed by atoms with van der Waals surface area (Å²) in [7, 11) is -3.93. The summed E-state index contributed by atoms with van der Waals surface area (Å²) in [6.45, 7) is 0. The van der Waals surface area contributed by atoms with Gasteiger partial charge in [0.2, 0.25) is 13.8 Å². The molecule has 0 aliphatic heterocycles. The lowest BCUT2D eigenvalue weighted by molar-refractivity contribution is 0.559. The first-order valence-corrected chi connectivity index (χ1v) is 10.1. The molecule has 0 aliphatic rings. The van der Waals surface area contributed by atoms with Crippen LogP contribution in [0.2, 0.25) is 5.02 Å². The Morgan fingerprint density at radius 2 is 1.64 bits per heavy atom. The number of hydrogen-bond donors (Lipinski definition) is 2. The number of sulfonamides is 1. The smallest absolute Gasteiger partial charge is 0.241 e. The number of H-pyrrole nitrogens is 1. The van der Waals surface area contributed by atoms with E-state index in [1.807, 2.05) is 24.3 Å². The summed E-state index contributed by atoms with van der Waals surface area (Å²) in [5, 5.41) is 1.19. The molecule has 1 aromatic heterocycles. The standard InChI is InChI=1S/C16H12Cl4N2O2S/c17-10-5-7-11(8-6-10)25(23,24)22-15(16(18,19)20)13-9-21-14-4-2-1-3-12(13)14/h1-9,15,21-22H/t15-/m0/s1. The molecule has 0 bridgehead atoms. The molecule has 2 N–H and O–H groups in total. The zero-order valence-corrected chi connectivity index (χ0v) is 16.4. The fraction of sp³-hybridized carbons (Fsp3) is 0.125. The molecule has 0 amide bonds. The van der Waals surface area contributed by atoms with E-state index in [0.717, 1.165) is 10.9 Å². The molecule has 3 rings (SSSR count). The van der Waals surface area contributed by atoms with Gasteiger partial charge in [0.05, 0.1) is 10.9 Å². The molecule has 0 fully saturated rings. The maximum Gasteiger partial charge on any atom is 0.241 e. The second kappa shape index (κ2) is 6.99. The van der Waals surface area contributed by atoms with Gasteiger partial charge in [0.15, 0.2) is 0 Å². The summed E-state index contributed by atoms with van der Waals surface area (Å²) in [4.78, 5) is 3.07. The molecule has 4 nitrogen and oxygen atoms in total. The molecular weight excluding hydrogens is 426 g/mol. The molecule has 1 atom stereocenters. The van der Waals surface area contributed by atoms with Crippen LogP contribution < -0.4 is 4.72 Å². The topological polar surface area (TPSA) is 62.0 Å². The second-order valence-corrected chi connectivity index (χ2v) is 9.86. The van der Waals surface area contributed by atoms with Crippen molar-refractivity contribution in [3.05, 3.63) is 65.3 Å². The first-order chi connectivity index (χ1) is 11.7. The second-order valence-electron chi connectivity index (χ2n) is 5.34. The van der Waals surface area contributed by atoms with Crippen molar-refractivity contribution in [1.29, 1.82) is 0 Å². The van der Waals surface area contributed by atoms with E-state index in [1.165, 1.54) is 24.3 Å². The first kappa shape index (κ1) is 18.8.